The fourth-order valence-corrected chi connectivity index (χ4v) is 2.65. The van der Waals surface area contributed by atoms with Crippen molar-refractivity contribution in [3.63, 3.8) is 0 Å². The van der Waals surface area contributed by atoms with Gasteiger partial charge in [-0.25, -0.2) is 4.79 Å². The number of benzene rings is 1. The predicted molar refractivity (Wildman–Crippen MR) is 81.9 cm³/mol. The summed E-state index contributed by atoms with van der Waals surface area (Å²) in [5.41, 5.74) is 1.33. The topological polar surface area (TPSA) is 66.8 Å². The number of likely N-dealkylation sites (tertiary alicyclic amines) is 1. The Morgan fingerprint density at radius 3 is 2.77 bits per heavy atom. The van der Waals surface area contributed by atoms with Gasteiger partial charge in [0.15, 0.2) is 0 Å². The molecule has 0 aliphatic carbocycles. The minimum atomic E-state index is -0.493. The molecule has 0 unspecified atom stereocenters. The summed E-state index contributed by atoms with van der Waals surface area (Å²) in [5, 5.41) is 9.70. The van der Waals surface area contributed by atoms with Gasteiger partial charge < -0.3 is 14.7 Å². The second-order valence-electron chi connectivity index (χ2n) is 5.13. The fraction of sp³-hybridized carbons (Fsp3) is 0.412. The number of carbonyl (C=O) groups excluding carboxylic acids is 2. The summed E-state index contributed by atoms with van der Waals surface area (Å²) in [7, 11) is 0. The van der Waals surface area contributed by atoms with E-state index in [1.165, 1.54) is 6.08 Å². The number of amides is 1. The molecule has 1 N–H and O–H groups in total. The molecule has 0 radical (unpaired) electrons. The van der Waals surface area contributed by atoms with E-state index in [4.69, 9.17) is 4.74 Å². The van der Waals surface area contributed by atoms with Gasteiger partial charge in [0.2, 0.25) is 0 Å². The third-order valence-corrected chi connectivity index (χ3v) is 3.69. The standard InChI is InChI=1S/C17H21NO4/c1-2-22-16(20)11-14-9-6-10-18(17(14)21)15(12-19)13-7-4-3-5-8-13/h3-5,7-8,11,15,19H,2,6,9-10,12H2,1H3/b14-11-/t15-/m0/s1. The smallest absolute Gasteiger partial charge is 0.331 e. The van der Waals surface area contributed by atoms with Crippen LogP contribution in [0.5, 0.6) is 0 Å². The highest BCUT2D eigenvalue weighted by Crippen LogP contribution is 2.27. The highest BCUT2D eigenvalue weighted by molar-refractivity contribution is 6.00. The van der Waals surface area contributed by atoms with Crippen molar-refractivity contribution < 1.29 is 19.4 Å². The SMILES string of the molecule is CCOC(=O)/C=C1/CCCN([C@@H](CO)c2ccccc2)C1=O. The lowest BCUT2D eigenvalue weighted by molar-refractivity contribution is -0.138. The Hall–Kier alpha value is -2.14. The van der Waals surface area contributed by atoms with Crippen molar-refractivity contribution in [3.8, 4) is 0 Å². The number of ether oxygens (including phenoxy) is 1. The molecular formula is C17H21NO4. The van der Waals surface area contributed by atoms with E-state index in [2.05, 4.69) is 0 Å². The number of piperidine rings is 1. The molecule has 1 aromatic rings. The van der Waals surface area contributed by atoms with Crippen LogP contribution in [0, 0.1) is 0 Å². The van der Waals surface area contributed by atoms with E-state index in [1.807, 2.05) is 30.3 Å². The molecule has 1 atom stereocenters. The van der Waals surface area contributed by atoms with E-state index in [0.29, 0.717) is 18.5 Å². The molecule has 1 aliphatic rings. The van der Waals surface area contributed by atoms with Crippen LogP contribution in [-0.4, -0.2) is 41.6 Å². The minimum absolute atomic E-state index is 0.150. The highest BCUT2D eigenvalue weighted by Gasteiger charge is 2.30. The zero-order valence-electron chi connectivity index (χ0n) is 12.7. The first-order valence-electron chi connectivity index (χ1n) is 7.51. The molecule has 1 saturated heterocycles. The second-order valence-corrected chi connectivity index (χ2v) is 5.13. The summed E-state index contributed by atoms with van der Waals surface area (Å²) in [5.74, 6) is -0.699. The van der Waals surface area contributed by atoms with Crippen molar-refractivity contribution in [2.45, 2.75) is 25.8 Å². The monoisotopic (exact) mass is 303 g/mol. The van der Waals surface area contributed by atoms with Crippen molar-refractivity contribution >= 4 is 11.9 Å². The second kappa shape index (κ2) is 7.75. The fourth-order valence-electron chi connectivity index (χ4n) is 2.65. The summed E-state index contributed by atoms with van der Waals surface area (Å²) in [6, 6.07) is 9.03. The molecular weight excluding hydrogens is 282 g/mol. The molecule has 1 amide bonds. The first-order chi connectivity index (χ1) is 10.7. The number of nitrogens with zero attached hydrogens (tertiary/aromatic N) is 1. The molecule has 0 bridgehead atoms. The molecule has 0 aromatic heterocycles. The number of esters is 1. The average molecular weight is 303 g/mol. The molecule has 118 valence electrons. The van der Waals surface area contributed by atoms with Gasteiger partial charge in [0.05, 0.1) is 19.3 Å². The minimum Gasteiger partial charge on any atom is -0.463 e. The van der Waals surface area contributed by atoms with Crippen LogP contribution in [0.3, 0.4) is 0 Å². The zero-order chi connectivity index (χ0) is 15.9. The van der Waals surface area contributed by atoms with Crippen LogP contribution in [0.25, 0.3) is 0 Å². The van der Waals surface area contributed by atoms with Crippen molar-refractivity contribution in [2.75, 3.05) is 19.8 Å². The molecule has 5 heteroatoms. The molecule has 2 rings (SSSR count). The first-order valence-corrected chi connectivity index (χ1v) is 7.51. The number of hydrogen-bond acceptors (Lipinski definition) is 4. The summed E-state index contributed by atoms with van der Waals surface area (Å²) < 4.78 is 4.86. The third-order valence-electron chi connectivity index (χ3n) is 3.69. The van der Waals surface area contributed by atoms with E-state index in [1.54, 1.807) is 11.8 Å². The number of hydrogen-bond donors (Lipinski definition) is 1. The molecule has 0 saturated carbocycles. The molecule has 1 aromatic carbocycles. The summed E-state index contributed by atoms with van der Waals surface area (Å²) in [6.07, 6.45) is 2.60. The average Bonchev–Trinajstić information content (AvgIpc) is 2.53. The van der Waals surface area contributed by atoms with Crippen LogP contribution >= 0.6 is 0 Å². The van der Waals surface area contributed by atoms with Crippen molar-refractivity contribution in [1.82, 2.24) is 4.90 Å². The maximum absolute atomic E-state index is 12.6. The van der Waals surface area contributed by atoms with Gasteiger partial charge in [0.1, 0.15) is 0 Å². The summed E-state index contributed by atoms with van der Waals surface area (Å²) in [6.45, 7) is 2.42. The van der Waals surface area contributed by atoms with Gasteiger partial charge in [-0.2, -0.15) is 0 Å². The van der Waals surface area contributed by atoms with E-state index in [-0.39, 0.29) is 25.2 Å². The lowest BCUT2D eigenvalue weighted by Crippen LogP contribution is -2.41. The predicted octanol–water partition coefficient (Wildman–Crippen LogP) is 1.83. The maximum atomic E-state index is 12.6. The molecule has 22 heavy (non-hydrogen) atoms. The lowest BCUT2D eigenvalue weighted by Gasteiger charge is -2.35. The quantitative estimate of drug-likeness (QED) is 0.666. The largest absolute Gasteiger partial charge is 0.463 e. The van der Waals surface area contributed by atoms with E-state index < -0.39 is 5.97 Å². The highest BCUT2D eigenvalue weighted by atomic mass is 16.5. The van der Waals surface area contributed by atoms with Crippen LogP contribution in [0.2, 0.25) is 0 Å². The number of rotatable bonds is 5. The third kappa shape index (κ3) is 3.74. The molecule has 0 spiro atoms. The van der Waals surface area contributed by atoms with Gasteiger partial charge in [-0.05, 0) is 25.3 Å². The van der Waals surface area contributed by atoms with Gasteiger partial charge in [-0.1, -0.05) is 30.3 Å². The van der Waals surface area contributed by atoms with Crippen molar-refractivity contribution in [2.24, 2.45) is 0 Å². The van der Waals surface area contributed by atoms with Crippen molar-refractivity contribution in [1.29, 1.82) is 0 Å². The van der Waals surface area contributed by atoms with Crippen molar-refractivity contribution in [3.05, 3.63) is 47.5 Å². The Morgan fingerprint density at radius 1 is 1.41 bits per heavy atom. The number of aliphatic hydroxyl groups excluding tert-OH is 1. The van der Waals surface area contributed by atoms with E-state index in [9.17, 15) is 14.7 Å². The van der Waals surface area contributed by atoms with Crippen LogP contribution < -0.4 is 0 Å². The van der Waals surface area contributed by atoms with Gasteiger partial charge in [-0.3, -0.25) is 4.79 Å². The van der Waals surface area contributed by atoms with Gasteiger partial charge in [0.25, 0.3) is 5.91 Å². The summed E-state index contributed by atoms with van der Waals surface area (Å²) in [4.78, 5) is 25.8. The molecule has 1 heterocycles. The molecule has 1 fully saturated rings. The lowest BCUT2D eigenvalue weighted by atomic mass is 9.98. The number of carbonyl (C=O) groups is 2. The van der Waals surface area contributed by atoms with E-state index >= 15 is 0 Å². The Morgan fingerprint density at radius 2 is 2.14 bits per heavy atom. The normalized spacial score (nSPS) is 18.4. The van der Waals surface area contributed by atoms with E-state index in [0.717, 1.165) is 12.0 Å². The Kier molecular flexibility index (Phi) is 5.72. The maximum Gasteiger partial charge on any atom is 0.331 e. The van der Waals surface area contributed by atoms with Gasteiger partial charge >= 0.3 is 5.97 Å². The van der Waals surface area contributed by atoms with Gasteiger partial charge in [-0.15, -0.1) is 0 Å². The first kappa shape index (κ1) is 16.2. The zero-order valence-corrected chi connectivity index (χ0v) is 12.7. The van der Waals surface area contributed by atoms with Crippen LogP contribution in [-0.2, 0) is 14.3 Å². The molecule has 5 nitrogen and oxygen atoms in total. The Balaban J connectivity index is 2.20. The number of aliphatic hydroxyl groups is 1. The Bertz CT molecular complexity index is 553. The van der Waals surface area contributed by atoms with Crippen LogP contribution in [0.15, 0.2) is 42.0 Å². The van der Waals surface area contributed by atoms with Gasteiger partial charge in [0, 0.05) is 18.2 Å². The molecule has 1 aliphatic heterocycles. The van der Waals surface area contributed by atoms with Crippen LogP contribution in [0.1, 0.15) is 31.4 Å². The van der Waals surface area contributed by atoms with Crippen LogP contribution in [0.4, 0.5) is 0 Å². The summed E-state index contributed by atoms with van der Waals surface area (Å²) >= 11 is 0. The Labute approximate surface area is 130 Å².